The molecule has 29 heavy (non-hydrogen) atoms. The van der Waals surface area contributed by atoms with Gasteiger partial charge in [0.2, 0.25) is 0 Å². The molecule has 2 heterocycles. The maximum absolute atomic E-state index is 12.9. The molecule has 0 bridgehead atoms. The number of esters is 1. The molecule has 0 aromatic heterocycles. The van der Waals surface area contributed by atoms with Gasteiger partial charge in [-0.1, -0.05) is 42.5 Å². The van der Waals surface area contributed by atoms with E-state index in [0.29, 0.717) is 37.1 Å². The van der Waals surface area contributed by atoms with Gasteiger partial charge in [0, 0.05) is 36.7 Å². The minimum atomic E-state index is -0.328. The summed E-state index contributed by atoms with van der Waals surface area (Å²) in [6.45, 7) is 1.05. The Bertz CT molecular complexity index is 960. The molecule has 0 aliphatic carbocycles. The smallest absolute Gasteiger partial charge is 0.334 e. The maximum Gasteiger partial charge on any atom is 0.334 e. The average molecular weight is 389 g/mol. The van der Waals surface area contributed by atoms with E-state index in [-0.39, 0.29) is 17.8 Å². The second-order valence-corrected chi connectivity index (χ2v) is 7.21. The molecule has 2 aromatic rings. The van der Waals surface area contributed by atoms with Crippen molar-refractivity contribution in [3.8, 4) is 5.75 Å². The molecule has 5 nitrogen and oxygen atoms in total. The lowest BCUT2D eigenvalue weighted by Crippen LogP contribution is -2.31. The third-order valence-electron chi connectivity index (χ3n) is 5.31. The van der Waals surface area contributed by atoms with Gasteiger partial charge in [-0.05, 0) is 29.3 Å². The van der Waals surface area contributed by atoms with Crippen LogP contribution in [0.15, 0.2) is 78.0 Å². The van der Waals surface area contributed by atoms with Gasteiger partial charge < -0.3 is 14.4 Å². The van der Waals surface area contributed by atoms with Crippen molar-refractivity contribution in [1.29, 1.82) is 0 Å². The molecule has 1 atom stereocenters. The molecule has 1 fully saturated rings. The van der Waals surface area contributed by atoms with Crippen LogP contribution in [0.2, 0.25) is 0 Å². The van der Waals surface area contributed by atoms with Gasteiger partial charge in [0.1, 0.15) is 5.75 Å². The Balaban J connectivity index is 1.68. The van der Waals surface area contributed by atoms with E-state index in [1.54, 1.807) is 13.2 Å². The van der Waals surface area contributed by atoms with Gasteiger partial charge in [-0.15, -0.1) is 0 Å². The largest absolute Gasteiger partial charge is 0.497 e. The highest BCUT2D eigenvalue weighted by Gasteiger charge is 2.29. The minimum absolute atomic E-state index is 0.0299. The van der Waals surface area contributed by atoms with E-state index in [4.69, 9.17) is 9.47 Å². The Morgan fingerprint density at radius 2 is 1.86 bits per heavy atom. The first-order chi connectivity index (χ1) is 14.1. The van der Waals surface area contributed by atoms with Crippen molar-refractivity contribution in [3.05, 3.63) is 89.1 Å². The van der Waals surface area contributed by atoms with Gasteiger partial charge in [0.05, 0.1) is 19.8 Å². The number of carbonyl (C=O) groups is 2. The molecule has 2 aromatic carbocycles. The summed E-state index contributed by atoms with van der Waals surface area (Å²) >= 11 is 0. The van der Waals surface area contributed by atoms with Crippen molar-refractivity contribution in [2.75, 3.05) is 13.7 Å². The first-order valence-electron chi connectivity index (χ1n) is 9.70. The molecule has 2 aliphatic heterocycles. The van der Waals surface area contributed by atoms with Crippen LogP contribution in [0.3, 0.4) is 0 Å². The fourth-order valence-electron chi connectivity index (χ4n) is 3.72. The number of benzene rings is 2. The number of methoxy groups -OCH3 is 1. The van der Waals surface area contributed by atoms with Crippen LogP contribution in [0.25, 0.3) is 0 Å². The second kappa shape index (κ2) is 8.35. The van der Waals surface area contributed by atoms with Crippen LogP contribution >= 0.6 is 0 Å². The zero-order chi connectivity index (χ0) is 20.2. The summed E-state index contributed by atoms with van der Waals surface area (Å²) in [4.78, 5) is 26.9. The summed E-state index contributed by atoms with van der Waals surface area (Å²) in [5, 5.41) is 0. The van der Waals surface area contributed by atoms with Crippen LogP contribution in [-0.2, 0) is 20.9 Å². The lowest BCUT2D eigenvalue weighted by molar-refractivity contribution is -0.135. The number of ketones is 1. The Morgan fingerprint density at radius 1 is 1.10 bits per heavy atom. The van der Waals surface area contributed by atoms with E-state index in [1.807, 2.05) is 48.7 Å². The second-order valence-electron chi connectivity index (χ2n) is 7.21. The summed E-state index contributed by atoms with van der Waals surface area (Å²) in [5.74, 6) is 0.485. The molecule has 5 heteroatoms. The Kier molecular flexibility index (Phi) is 5.47. The standard InChI is InChI=1S/C24H23NO4/c1-28-21-9-7-18(8-10-21)22-14-23(26)20(13-19-11-12-29-24(19)27)16-25(22)15-17-5-3-2-4-6-17/h2-10,13,16,22H,11-12,14-15H2,1H3/b19-13+. The van der Waals surface area contributed by atoms with E-state index in [1.165, 1.54) is 0 Å². The van der Waals surface area contributed by atoms with Crippen molar-refractivity contribution in [2.45, 2.75) is 25.4 Å². The summed E-state index contributed by atoms with van der Waals surface area (Å²) in [7, 11) is 1.64. The first kappa shape index (κ1) is 19.0. The summed E-state index contributed by atoms with van der Waals surface area (Å²) < 4.78 is 10.3. The van der Waals surface area contributed by atoms with Crippen molar-refractivity contribution in [1.82, 2.24) is 4.90 Å². The van der Waals surface area contributed by atoms with E-state index >= 15 is 0 Å². The number of hydrogen-bond acceptors (Lipinski definition) is 5. The molecule has 0 saturated carbocycles. The number of Topliss-reactive ketones (excluding diaryl/α,β-unsaturated/α-hetero) is 1. The molecule has 2 aliphatic rings. The van der Waals surface area contributed by atoms with Crippen LogP contribution in [0.1, 0.15) is 30.0 Å². The van der Waals surface area contributed by atoms with Crippen molar-refractivity contribution >= 4 is 11.8 Å². The molecule has 0 spiro atoms. The van der Waals surface area contributed by atoms with Gasteiger partial charge in [-0.25, -0.2) is 4.79 Å². The minimum Gasteiger partial charge on any atom is -0.497 e. The zero-order valence-electron chi connectivity index (χ0n) is 16.3. The summed E-state index contributed by atoms with van der Waals surface area (Å²) in [5.41, 5.74) is 3.33. The number of ether oxygens (including phenoxy) is 2. The van der Waals surface area contributed by atoms with Crippen LogP contribution < -0.4 is 4.74 Å². The predicted molar refractivity (Wildman–Crippen MR) is 109 cm³/mol. The van der Waals surface area contributed by atoms with Gasteiger partial charge in [-0.2, -0.15) is 0 Å². The van der Waals surface area contributed by atoms with Crippen LogP contribution in [0, 0.1) is 0 Å². The third-order valence-corrected chi connectivity index (χ3v) is 5.31. The summed E-state index contributed by atoms with van der Waals surface area (Å²) in [6.07, 6.45) is 4.47. The quantitative estimate of drug-likeness (QED) is 0.572. The number of nitrogens with zero attached hydrogens (tertiary/aromatic N) is 1. The highest BCUT2D eigenvalue weighted by molar-refractivity contribution is 6.01. The normalized spacial score (nSPS) is 20.6. The fraction of sp³-hybridized carbons (Fsp3) is 0.250. The SMILES string of the molecule is COc1ccc(C2CC(=O)C(/C=C3\CCOC3=O)=CN2Cc2ccccc2)cc1. The van der Waals surface area contributed by atoms with E-state index in [0.717, 1.165) is 16.9 Å². The lowest BCUT2D eigenvalue weighted by Gasteiger charge is -2.35. The zero-order valence-corrected chi connectivity index (χ0v) is 16.3. The van der Waals surface area contributed by atoms with E-state index in [9.17, 15) is 9.59 Å². The van der Waals surface area contributed by atoms with Gasteiger partial charge >= 0.3 is 5.97 Å². The number of hydrogen-bond donors (Lipinski definition) is 0. The number of carbonyl (C=O) groups excluding carboxylic acids is 2. The van der Waals surface area contributed by atoms with Gasteiger partial charge in [0.25, 0.3) is 0 Å². The molecular formula is C24H23NO4. The average Bonchev–Trinajstić information content (AvgIpc) is 3.15. The number of cyclic esters (lactones) is 1. The van der Waals surface area contributed by atoms with Crippen LogP contribution in [-0.4, -0.2) is 30.4 Å². The Hall–Kier alpha value is -3.34. The Morgan fingerprint density at radius 3 is 2.52 bits per heavy atom. The van der Waals surface area contributed by atoms with Gasteiger partial charge in [-0.3, -0.25) is 4.79 Å². The van der Waals surface area contributed by atoms with Crippen LogP contribution in [0.5, 0.6) is 5.75 Å². The summed E-state index contributed by atoms with van der Waals surface area (Å²) in [6, 6.07) is 17.9. The first-order valence-corrected chi connectivity index (χ1v) is 9.70. The van der Waals surface area contributed by atoms with E-state index < -0.39 is 0 Å². The topological polar surface area (TPSA) is 55.8 Å². The molecule has 0 amide bonds. The molecule has 1 saturated heterocycles. The van der Waals surface area contributed by atoms with Crippen molar-refractivity contribution in [3.63, 3.8) is 0 Å². The Labute approximate surface area is 170 Å². The molecule has 148 valence electrons. The van der Waals surface area contributed by atoms with E-state index in [2.05, 4.69) is 17.0 Å². The molecule has 0 radical (unpaired) electrons. The predicted octanol–water partition coefficient (Wildman–Crippen LogP) is 3.97. The number of rotatable bonds is 5. The highest BCUT2D eigenvalue weighted by atomic mass is 16.5. The fourth-order valence-corrected chi connectivity index (χ4v) is 3.72. The lowest BCUT2D eigenvalue weighted by atomic mass is 9.91. The molecule has 4 rings (SSSR count). The van der Waals surface area contributed by atoms with Gasteiger partial charge in [0.15, 0.2) is 5.78 Å². The molecule has 0 N–H and O–H groups in total. The van der Waals surface area contributed by atoms with Crippen molar-refractivity contribution in [2.24, 2.45) is 0 Å². The van der Waals surface area contributed by atoms with Crippen LogP contribution in [0.4, 0.5) is 0 Å². The third kappa shape index (κ3) is 4.24. The highest BCUT2D eigenvalue weighted by Crippen LogP contribution is 2.34. The van der Waals surface area contributed by atoms with Crippen molar-refractivity contribution < 1.29 is 19.1 Å². The molecule has 1 unspecified atom stereocenters. The monoisotopic (exact) mass is 389 g/mol. The number of allylic oxidation sites excluding steroid dienone is 2. The molecular weight excluding hydrogens is 366 g/mol. The maximum atomic E-state index is 12.9.